The van der Waals surface area contributed by atoms with Crippen molar-refractivity contribution < 1.29 is 14.3 Å². The van der Waals surface area contributed by atoms with Crippen molar-refractivity contribution in [3.8, 4) is 5.75 Å². The summed E-state index contributed by atoms with van der Waals surface area (Å²) in [6, 6.07) is 9.42. The number of rotatable bonds is 9. The van der Waals surface area contributed by atoms with Crippen LogP contribution in [0.25, 0.3) is 0 Å². The smallest absolute Gasteiger partial charge is 0.261 e. The molecule has 0 aliphatic rings. The van der Waals surface area contributed by atoms with Crippen molar-refractivity contribution in [3.05, 3.63) is 61.5 Å². The summed E-state index contributed by atoms with van der Waals surface area (Å²) in [5, 5.41) is 4.16. The maximum Gasteiger partial charge on any atom is 0.261 e. The lowest BCUT2D eigenvalue weighted by Gasteiger charge is -2.31. The molecule has 0 unspecified atom stereocenters. The lowest BCUT2D eigenvalue weighted by atomic mass is 10.1. The number of nitrogens with one attached hydrogen (secondary N) is 1. The molecular weight excluding hydrogens is 515 g/mol. The Kier molecular flexibility index (Phi) is 9.75. The number of hydrogen-bond donors (Lipinski definition) is 1. The number of likely N-dealkylation sites (N-methyl/N-ethyl adjacent to an activating group) is 1. The third kappa shape index (κ3) is 6.51. The van der Waals surface area contributed by atoms with E-state index in [0.29, 0.717) is 43.8 Å². The van der Waals surface area contributed by atoms with Crippen LogP contribution in [-0.4, -0.2) is 35.9 Å². The van der Waals surface area contributed by atoms with Gasteiger partial charge in [0.25, 0.3) is 5.91 Å². The molecule has 0 heterocycles. The summed E-state index contributed by atoms with van der Waals surface area (Å²) in [7, 11) is 0. The van der Waals surface area contributed by atoms with Crippen molar-refractivity contribution in [2.45, 2.75) is 32.9 Å². The Morgan fingerprint density at radius 2 is 1.80 bits per heavy atom. The van der Waals surface area contributed by atoms with Crippen LogP contribution in [0.2, 0.25) is 15.1 Å². The molecule has 0 aromatic heterocycles. The molecular formula is C21H22BrCl3N2O3. The molecule has 0 radical (unpaired) electrons. The van der Waals surface area contributed by atoms with Gasteiger partial charge in [0.05, 0.1) is 4.47 Å². The van der Waals surface area contributed by atoms with Gasteiger partial charge >= 0.3 is 0 Å². The largest absolute Gasteiger partial charge is 0.483 e. The molecule has 0 spiro atoms. The first kappa shape index (κ1) is 24.8. The van der Waals surface area contributed by atoms with Crippen LogP contribution in [0.1, 0.15) is 25.8 Å². The molecule has 30 heavy (non-hydrogen) atoms. The van der Waals surface area contributed by atoms with Crippen LogP contribution in [0.4, 0.5) is 0 Å². The van der Waals surface area contributed by atoms with E-state index >= 15 is 0 Å². The summed E-state index contributed by atoms with van der Waals surface area (Å²) in [5.41, 5.74) is 0.574. The van der Waals surface area contributed by atoms with Gasteiger partial charge < -0.3 is 15.0 Å². The van der Waals surface area contributed by atoms with Crippen molar-refractivity contribution in [2.24, 2.45) is 0 Å². The summed E-state index contributed by atoms with van der Waals surface area (Å²) in [4.78, 5) is 27.2. The first-order valence-corrected chi connectivity index (χ1v) is 11.3. The molecule has 5 nitrogen and oxygen atoms in total. The van der Waals surface area contributed by atoms with E-state index < -0.39 is 6.04 Å². The minimum atomic E-state index is -0.693. The third-order valence-electron chi connectivity index (χ3n) is 4.37. The molecule has 0 aliphatic heterocycles. The molecule has 1 N–H and O–H groups in total. The Morgan fingerprint density at radius 3 is 2.37 bits per heavy atom. The highest BCUT2D eigenvalue weighted by molar-refractivity contribution is 9.10. The predicted molar refractivity (Wildman–Crippen MR) is 124 cm³/mol. The van der Waals surface area contributed by atoms with Crippen LogP contribution >= 0.6 is 50.7 Å². The Balaban J connectivity index is 2.28. The van der Waals surface area contributed by atoms with Crippen molar-refractivity contribution >= 4 is 62.5 Å². The van der Waals surface area contributed by atoms with Crippen LogP contribution in [0.3, 0.4) is 0 Å². The van der Waals surface area contributed by atoms with Crippen LogP contribution < -0.4 is 10.1 Å². The number of amides is 2. The van der Waals surface area contributed by atoms with Gasteiger partial charge in [-0.2, -0.15) is 0 Å². The molecule has 162 valence electrons. The lowest BCUT2D eigenvalue weighted by Crippen LogP contribution is -2.50. The Morgan fingerprint density at radius 1 is 1.13 bits per heavy atom. The lowest BCUT2D eigenvalue weighted by molar-refractivity contribution is -0.142. The van der Waals surface area contributed by atoms with Gasteiger partial charge in [0.1, 0.15) is 11.8 Å². The second-order valence-corrected chi connectivity index (χ2v) is 8.51. The van der Waals surface area contributed by atoms with Crippen molar-refractivity contribution in [1.82, 2.24) is 10.2 Å². The molecule has 0 saturated heterocycles. The van der Waals surface area contributed by atoms with Crippen LogP contribution in [0, 0.1) is 0 Å². The molecule has 2 rings (SSSR count). The maximum atomic E-state index is 13.1. The fraction of sp³-hybridized carbons (Fsp3) is 0.333. The number of ether oxygens (including phenoxy) is 1. The average Bonchev–Trinajstić information content (AvgIpc) is 2.69. The fourth-order valence-electron chi connectivity index (χ4n) is 2.88. The quantitative estimate of drug-likeness (QED) is 0.445. The molecule has 1 atom stereocenters. The highest BCUT2D eigenvalue weighted by Crippen LogP contribution is 2.29. The van der Waals surface area contributed by atoms with E-state index in [4.69, 9.17) is 39.5 Å². The number of halogens is 4. The second kappa shape index (κ2) is 11.8. The van der Waals surface area contributed by atoms with Crippen molar-refractivity contribution in [3.63, 3.8) is 0 Å². The van der Waals surface area contributed by atoms with Gasteiger partial charge in [-0.05, 0) is 59.6 Å². The van der Waals surface area contributed by atoms with E-state index in [1.165, 1.54) is 4.90 Å². The number of hydrogen-bond acceptors (Lipinski definition) is 3. The first-order valence-electron chi connectivity index (χ1n) is 9.36. The van der Waals surface area contributed by atoms with Gasteiger partial charge in [-0.25, -0.2) is 0 Å². The molecule has 2 aromatic carbocycles. The Bertz CT molecular complexity index is 891. The van der Waals surface area contributed by atoms with Crippen LogP contribution in [0.15, 0.2) is 40.9 Å². The van der Waals surface area contributed by atoms with Gasteiger partial charge in [-0.15, -0.1) is 0 Å². The van der Waals surface area contributed by atoms with E-state index in [2.05, 4.69) is 21.2 Å². The Hall–Kier alpha value is -1.47. The second-order valence-electron chi connectivity index (χ2n) is 6.40. The molecule has 0 saturated carbocycles. The summed E-state index contributed by atoms with van der Waals surface area (Å²) >= 11 is 21.9. The zero-order valence-corrected chi connectivity index (χ0v) is 20.4. The van der Waals surface area contributed by atoms with Crippen LogP contribution in [0.5, 0.6) is 5.75 Å². The van der Waals surface area contributed by atoms with Gasteiger partial charge in [-0.3, -0.25) is 9.59 Å². The van der Waals surface area contributed by atoms with Gasteiger partial charge in [0.2, 0.25) is 5.91 Å². The minimum absolute atomic E-state index is 0.0815. The SMILES string of the molecule is CCNC(=O)[C@H](CC)N(Cc1c(Cl)cccc1Cl)C(=O)COc1ccc(Cl)cc1Br. The summed E-state index contributed by atoms with van der Waals surface area (Å²) < 4.78 is 6.30. The fourth-order valence-corrected chi connectivity index (χ4v) is 4.19. The molecule has 9 heteroatoms. The Labute approximate surface area is 199 Å². The normalized spacial score (nSPS) is 11.7. The average molecular weight is 537 g/mol. The summed E-state index contributed by atoms with van der Waals surface area (Å²) in [5.74, 6) is -0.148. The number of benzene rings is 2. The number of nitrogens with zero attached hydrogens (tertiary/aromatic N) is 1. The molecule has 0 fully saturated rings. The van der Waals surface area contributed by atoms with Crippen molar-refractivity contribution in [2.75, 3.05) is 13.2 Å². The predicted octanol–water partition coefficient (Wildman–Crippen LogP) is 5.73. The van der Waals surface area contributed by atoms with E-state index in [1.54, 1.807) is 36.4 Å². The highest BCUT2D eigenvalue weighted by atomic mass is 79.9. The van der Waals surface area contributed by atoms with Gasteiger partial charge in [0, 0.05) is 33.7 Å². The maximum absolute atomic E-state index is 13.1. The van der Waals surface area contributed by atoms with Crippen molar-refractivity contribution in [1.29, 1.82) is 0 Å². The van der Waals surface area contributed by atoms with Crippen LogP contribution in [-0.2, 0) is 16.1 Å². The number of carbonyl (C=O) groups is 2. The zero-order chi connectivity index (χ0) is 22.3. The summed E-state index contributed by atoms with van der Waals surface area (Å²) in [6.45, 7) is 3.93. The standard InChI is InChI=1S/C21H22BrCl3N2O3/c1-3-18(21(29)26-4-2)27(11-14-16(24)6-5-7-17(14)25)20(28)12-30-19-9-8-13(23)10-15(19)22/h5-10,18H,3-4,11-12H2,1-2H3,(H,26,29)/t18-/m0/s1. The highest BCUT2D eigenvalue weighted by Gasteiger charge is 2.29. The molecule has 2 aromatic rings. The molecule has 0 bridgehead atoms. The van der Waals surface area contributed by atoms with E-state index in [1.807, 2.05) is 13.8 Å². The van der Waals surface area contributed by atoms with Gasteiger partial charge in [0.15, 0.2) is 6.61 Å². The number of carbonyl (C=O) groups excluding carboxylic acids is 2. The zero-order valence-electron chi connectivity index (χ0n) is 16.6. The monoisotopic (exact) mass is 534 g/mol. The molecule has 2 amide bonds. The third-order valence-corrected chi connectivity index (χ3v) is 5.94. The van der Waals surface area contributed by atoms with E-state index in [0.717, 1.165) is 0 Å². The van der Waals surface area contributed by atoms with Gasteiger partial charge in [-0.1, -0.05) is 47.8 Å². The minimum Gasteiger partial charge on any atom is -0.483 e. The first-order chi connectivity index (χ1) is 14.3. The van der Waals surface area contributed by atoms with E-state index in [9.17, 15) is 9.59 Å². The molecule has 0 aliphatic carbocycles. The summed E-state index contributed by atoms with van der Waals surface area (Å²) in [6.07, 6.45) is 0.421. The topological polar surface area (TPSA) is 58.6 Å². The van der Waals surface area contributed by atoms with E-state index in [-0.39, 0.29) is 25.0 Å².